The average Bonchev–Trinajstić information content (AvgIpc) is 2.61. The quantitative estimate of drug-likeness (QED) is 0.675. The summed E-state index contributed by atoms with van der Waals surface area (Å²) in [5.74, 6) is -0.510. The van der Waals surface area contributed by atoms with Gasteiger partial charge in [0.1, 0.15) is 11.4 Å². The van der Waals surface area contributed by atoms with Crippen LogP contribution in [0, 0.1) is 0 Å². The molecule has 2 aromatic rings. The van der Waals surface area contributed by atoms with Crippen LogP contribution in [0.4, 0.5) is 0 Å². The van der Waals surface area contributed by atoms with Gasteiger partial charge in [-0.3, -0.25) is 9.78 Å². The number of rotatable bonds is 5. The molecule has 2 rings (SSSR count). The first-order valence-electron chi connectivity index (χ1n) is 6.80. The fourth-order valence-electron chi connectivity index (χ4n) is 1.89. The lowest BCUT2D eigenvalue weighted by Gasteiger charge is -2.10. The van der Waals surface area contributed by atoms with Gasteiger partial charge in [0, 0.05) is 23.5 Å². The average molecular weight is 312 g/mol. The molecule has 0 aliphatic carbocycles. The van der Waals surface area contributed by atoms with Gasteiger partial charge in [0.05, 0.1) is 14.2 Å². The van der Waals surface area contributed by atoms with Crippen LogP contribution in [-0.2, 0) is 9.53 Å². The first kappa shape index (κ1) is 16.2. The molecule has 1 N–H and O–H groups in total. The van der Waals surface area contributed by atoms with Crippen LogP contribution in [0.3, 0.4) is 0 Å². The van der Waals surface area contributed by atoms with E-state index in [9.17, 15) is 9.59 Å². The van der Waals surface area contributed by atoms with Crippen molar-refractivity contribution in [1.82, 2.24) is 10.3 Å². The van der Waals surface area contributed by atoms with E-state index in [1.807, 2.05) is 6.07 Å². The van der Waals surface area contributed by atoms with E-state index >= 15 is 0 Å². The number of benzene rings is 1. The topological polar surface area (TPSA) is 77.5 Å². The molecule has 1 amide bonds. The van der Waals surface area contributed by atoms with E-state index in [2.05, 4.69) is 10.3 Å². The van der Waals surface area contributed by atoms with Gasteiger partial charge in [0.15, 0.2) is 0 Å². The third-order valence-electron chi connectivity index (χ3n) is 3.03. The van der Waals surface area contributed by atoms with Crippen LogP contribution >= 0.6 is 0 Å². The van der Waals surface area contributed by atoms with Gasteiger partial charge in [-0.1, -0.05) is 18.2 Å². The fraction of sp³-hybridized carbons (Fsp3) is 0.118. The zero-order valence-electron chi connectivity index (χ0n) is 12.8. The summed E-state index contributed by atoms with van der Waals surface area (Å²) in [7, 11) is 2.77. The second-order valence-corrected chi connectivity index (χ2v) is 4.48. The highest BCUT2D eigenvalue weighted by Gasteiger charge is 2.15. The molecule has 1 aromatic heterocycles. The molecule has 6 heteroatoms. The number of amides is 1. The molecule has 6 nitrogen and oxygen atoms in total. The third-order valence-corrected chi connectivity index (χ3v) is 3.03. The summed E-state index contributed by atoms with van der Waals surface area (Å²) in [4.78, 5) is 28.0. The van der Waals surface area contributed by atoms with Gasteiger partial charge in [0.2, 0.25) is 0 Å². The van der Waals surface area contributed by atoms with Gasteiger partial charge in [-0.2, -0.15) is 0 Å². The molecule has 0 saturated heterocycles. The molecule has 0 saturated carbocycles. The lowest BCUT2D eigenvalue weighted by molar-refractivity contribution is -0.136. The second-order valence-electron chi connectivity index (χ2n) is 4.48. The van der Waals surface area contributed by atoms with Gasteiger partial charge >= 0.3 is 5.97 Å². The Labute approximate surface area is 133 Å². The molecule has 0 atom stereocenters. The van der Waals surface area contributed by atoms with Crippen molar-refractivity contribution in [3.8, 4) is 5.75 Å². The number of hydrogen-bond acceptors (Lipinski definition) is 5. The number of nitrogens with zero attached hydrogens (tertiary/aromatic N) is 1. The zero-order chi connectivity index (χ0) is 16.7. The van der Waals surface area contributed by atoms with Crippen LogP contribution in [0.1, 0.15) is 15.9 Å². The molecule has 0 unspecified atom stereocenters. The predicted molar refractivity (Wildman–Crippen MR) is 84.7 cm³/mol. The summed E-state index contributed by atoms with van der Waals surface area (Å²) < 4.78 is 9.95. The summed E-state index contributed by atoms with van der Waals surface area (Å²) in [6.45, 7) is 0. The Bertz CT molecular complexity index is 726. The summed E-state index contributed by atoms with van der Waals surface area (Å²) in [6, 6.07) is 10.2. The van der Waals surface area contributed by atoms with Crippen molar-refractivity contribution in [2.75, 3.05) is 14.2 Å². The predicted octanol–water partition coefficient (Wildman–Crippen LogP) is 2.03. The SMILES string of the molecule is COC(=O)C(=Cc1ccccc1OC)NC(=O)c1ccncc1. The minimum absolute atomic E-state index is 0.0128. The van der Waals surface area contributed by atoms with E-state index in [1.165, 1.54) is 32.7 Å². The molecule has 118 valence electrons. The van der Waals surface area contributed by atoms with Crippen molar-refractivity contribution in [2.24, 2.45) is 0 Å². The summed E-state index contributed by atoms with van der Waals surface area (Å²) in [5, 5.41) is 2.55. The van der Waals surface area contributed by atoms with Crippen molar-refractivity contribution >= 4 is 18.0 Å². The number of aromatic nitrogens is 1. The first-order chi connectivity index (χ1) is 11.2. The van der Waals surface area contributed by atoms with Crippen LogP contribution in [0.15, 0.2) is 54.5 Å². The van der Waals surface area contributed by atoms with Crippen molar-refractivity contribution in [3.63, 3.8) is 0 Å². The van der Waals surface area contributed by atoms with Crippen molar-refractivity contribution in [3.05, 3.63) is 65.6 Å². The molecule has 0 spiro atoms. The lowest BCUT2D eigenvalue weighted by Crippen LogP contribution is -2.28. The van der Waals surface area contributed by atoms with E-state index in [4.69, 9.17) is 9.47 Å². The Morgan fingerprint density at radius 3 is 2.43 bits per heavy atom. The Morgan fingerprint density at radius 2 is 1.78 bits per heavy atom. The highest BCUT2D eigenvalue weighted by atomic mass is 16.5. The minimum Gasteiger partial charge on any atom is -0.496 e. The number of ether oxygens (including phenoxy) is 2. The number of pyridine rings is 1. The minimum atomic E-state index is -0.654. The summed E-state index contributed by atoms with van der Waals surface area (Å²) in [5.41, 5.74) is 1.04. The van der Waals surface area contributed by atoms with Crippen molar-refractivity contribution < 1.29 is 19.1 Å². The molecule has 23 heavy (non-hydrogen) atoms. The van der Waals surface area contributed by atoms with Gasteiger partial charge in [0.25, 0.3) is 5.91 Å². The number of methoxy groups -OCH3 is 2. The Hall–Kier alpha value is -3.15. The monoisotopic (exact) mass is 312 g/mol. The summed E-state index contributed by atoms with van der Waals surface area (Å²) >= 11 is 0. The van der Waals surface area contributed by atoms with Crippen LogP contribution in [0.5, 0.6) is 5.75 Å². The standard InChI is InChI=1S/C17H16N2O4/c1-22-15-6-4-3-5-13(15)11-14(17(21)23-2)19-16(20)12-7-9-18-10-8-12/h3-11H,1-2H3,(H,19,20). The maximum absolute atomic E-state index is 12.2. The number of nitrogens with one attached hydrogen (secondary N) is 1. The van der Waals surface area contributed by atoms with E-state index in [0.29, 0.717) is 16.9 Å². The van der Waals surface area contributed by atoms with Crippen LogP contribution in [-0.4, -0.2) is 31.1 Å². The van der Waals surface area contributed by atoms with E-state index < -0.39 is 11.9 Å². The Kier molecular flexibility index (Phi) is 5.46. The first-order valence-corrected chi connectivity index (χ1v) is 6.80. The maximum atomic E-state index is 12.2. The number of esters is 1. The van der Waals surface area contributed by atoms with Gasteiger partial charge in [-0.25, -0.2) is 4.79 Å². The molecule has 0 aliphatic heterocycles. The molecule has 0 bridgehead atoms. The second kappa shape index (κ2) is 7.74. The van der Waals surface area contributed by atoms with Gasteiger partial charge in [-0.05, 0) is 24.3 Å². The van der Waals surface area contributed by atoms with Crippen LogP contribution in [0.25, 0.3) is 6.08 Å². The van der Waals surface area contributed by atoms with E-state index in [1.54, 1.807) is 30.3 Å². The lowest BCUT2D eigenvalue weighted by atomic mass is 10.1. The van der Waals surface area contributed by atoms with Gasteiger partial charge in [-0.15, -0.1) is 0 Å². The smallest absolute Gasteiger partial charge is 0.354 e. The van der Waals surface area contributed by atoms with Crippen molar-refractivity contribution in [2.45, 2.75) is 0 Å². The third kappa shape index (κ3) is 4.16. The Morgan fingerprint density at radius 1 is 1.09 bits per heavy atom. The fourth-order valence-corrected chi connectivity index (χ4v) is 1.89. The molecule has 0 fully saturated rings. The normalized spacial score (nSPS) is 10.8. The Balaban J connectivity index is 2.32. The van der Waals surface area contributed by atoms with Crippen LogP contribution < -0.4 is 10.1 Å². The molecule has 1 heterocycles. The number of carbonyl (C=O) groups excluding carboxylic acids is 2. The van der Waals surface area contributed by atoms with Crippen molar-refractivity contribution in [1.29, 1.82) is 0 Å². The van der Waals surface area contributed by atoms with Gasteiger partial charge < -0.3 is 14.8 Å². The molecular weight excluding hydrogens is 296 g/mol. The molecule has 0 radical (unpaired) electrons. The zero-order valence-corrected chi connectivity index (χ0v) is 12.8. The molecule has 0 aliphatic rings. The van der Waals surface area contributed by atoms with Crippen LogP contribution in [0.2, 0.25) is 0 Å². The number of para-hydroxylation sites is 1. The highest BCUT2D eigenvalue weighted by molar-refractivity contribution is 6.03. The van der Waals surface area contributed by atoms with E-state index in [-0.39, 0.29) is 5.70 Å². The number of hydrogen-bond donors (Lipinski definition) is 1. The largest absolute Gasteiger partial charge is 0.496 e. The maximum Gasteiger partial charge on any atom is 0.354 e. The number of carbonyl (C=O) groups is 2. The molecular formula is C17H16N2O4. The van der Waals surface area contributed by atoms with E-state index in [0.717, 1.165) is 0 Å². The highest BCUT2D eigenvalue weighted by Crippen LogP contribution is 2.20. The molecule has 1 aromatic carbocycles. The summed E-state index contributed by atoms with van der Waals surface area (Å²) in [6.07, 6.45) is 4.50.